The summed E-state index contributed by atoms with van der Waals surface area (Å²) in [6.45, 7) is 2.63. The Labute approximate surface area is 133 Å². The number of benzene rings is 1. The second-order valence-corrected chi connectivity index (χ2v) is 5.85. The molecule has 3 aromatic rings. The fraction of sp³-hybridized carbons (Fsp3) is 0.222. The number of nitrogens with one attached hydrogen (secondary N) is 1. The lowest BCUT2D eigenvalue weighted by Gasteiger charge is -2.33. The number of aromatic nitrogens is 2. The van der Waals surface area contributed by atoms with E-state index in [1.807, 2.05) is 25.1 Å². The lowest BCUT2D eigenvalue weighted by atomic mass is 9.97. The van der Waals surface area contributed by atoms with Crippen molar-refractivity contribution in [2.45, 2.75) is 19.4 Å². The van der Waals surface area contributed by atoms with E-state index >= 15 is 0 Å². The van der Waals surface area contributed by atoms with Crippen LogP contribution in [0.5, 0.6) is 0 Å². The third kappa shape index (κ3) is 2.20. The molecule has 0 aliphatic carbocycles. The maximum atomic E-state index is 13.3. The first-order valence-corrected chi connectivity index (χ1v) is 7.67. The molecule has 4 nitrogen and oxygen atoms in total. The molecule has 1 N–H and O–H groups in total. The summed E-state index contributed by atoms with van der Waals surface area (Å²) in [4.78, 5) is 21.4. The number of carbonyl (C=O) groups excluding carboxylic acids is 1. The summed E-state index contributed by atoms with van der Waals surface area (Å²) in [5.74, 6) is -0.796. The lowest BCUT2D eigenvalue weighted by molar-refractivity contribution is 0.0674. The molecule has 2 aromatic heterocycles. The molecule has 3 heterocycles. The van der Waals surface area contributed by atoms with E-state index in [0.29, 0.717) is 12.1 Å². The first-order valence-electron chi connectivity index (χ1n) is 7.67. The van der Waals surface area contributed by atoms with E-state index in [9.17, 15) is 9.18 Å². The summed E-state index contributed by atoms with van der Waals surface area (Å²) in [5, 5.41) is 1.22. The van der Waals surface area contributed by atoms with Crippen molar-refractivity contribution in [1.29, 1.82) is 0 Å². The van der Waals surface area contributed by atoms with Gasteiger partial charge in [0, 0.05) is 41.0 Å². The minimum atomic E-state index is -0.633. The SMILES string of the molecule is CC1c2[nH]c3ccccc3c2CCN1C(=O)c1ccnc(F)c1. The highest BCUT2D eigenvalue weighted by atomic mass is 19.1. The van der Waals surface area contributed by atoms with Gasteiger partial charge in [0.1, 0.15) is 0 Å². The Morgan fingerprint density at radius 1 is 1.35 bits per heavy atom. The molecule has 23 heavy (non-hydrogen) atoms. The molecular formula is C18H16FN3O. The molecule has 5 heteroatoms. The summed E-state index contributed by atoms with van der Waals surface area (Å²) in [5.41, 5.74) is 3.77. The summed E-state index contributed by atoms with van der Waals surface area (Å²) >= 11 is 0. The second kappa shape index (κ2) is 5.19. The van der Waals surface area contributed by atoms with Crippen LogP contribution in [0.4, 0.5) is 4.39 Å². The van der Waals surface area contributed by atoms with Crippen LogP contribution in [0.3, 0.4) is 0 Å². The monoisotopic (exact) mass is 309 g/mol. The number of aromatic amines is 1. The molecule has 0 spiro atoms. The van der Waals surface area contributed by atoms with Gasteiger partial charge in [-0.25, -0.2) is 4.98 Å². The highest BCUT2D eigenvalue weighted by molar-refractivity contribution is 5.95. The van der Waals surface area contributed by atoms with Crippen LogP contribution in [0.25, 0.3) is 10.9 Å². The third-order valence-electron chi connectivity index (χ3n) is 4.57. The van der Waals surface area contributed by atoms with Gasteiger partial charge in [-0.05, 0) is 31.0 Å². The topological polar surface area (TPSA) is 49.0 Å². The Morgan fingerprint density at radius 3 is 3.00 bits per heavy atom. The van der Waals surface area contributed by atoms with E-state index in [2.05, 4.69) is 16.0 Å². The molecule has 0 saturated heterocycles. The van der Waals surface area contributed by atoms with E-state index in [0.717, 1.165) is 17.6 Å². The summed E-state index contributed by atoms with van der Waals surface area (Å²) in [7, 11) is 0. The van der Waals surface area contributed by atoms with Gasteiger partial charge in [0.25, 0.3) is 5.91 Å². The van der Waals surface area contributed by atoms with Gasteiger partial charge in [-0.1, -0.05) is 18.2 Å². The smallest absolute Gasteiger partial charge is 0.254 e. The van der Waals surface area contributed by atoms with Gasteiger partial charge in [-0.15, -0.1) is 0 Å². The summed E-state index contributed by atoms with van der Waals surface area (Å²) in [6.07, 6.45) is 2.12. The predicted octanol–water partition coefficient (Wildman–Crippen LogP) is 3.46. The number of amides is 1. The van der Waals surface area contributed by atoms with Crippen molar-refractivity contribution >= 4 is 16.8 Å². The van der Waals surface area contributed by atoms with Crippen LogP contribution in [-0.4, -0.2) is 27.3 Å². The fourth-order valence-corrected chi connectivity index (χ4v) is 3.41. The van der Waals surface area contributed by atoms with Gasteiger partial charge in [0.2, 0.25) is 5.95 Å². The van der Waals surface area contributed by atoms with Crippen LogP contribution >= 0.6 is 0 Å². The molecule has 0 fully saturated rings. The number of hydrogen-bond donors (Lipinski definition) is 1. The molecule has 1 aliphatic heterocycles. The maximum absolute atomic E-state index is 13.3. The highest BCUT2D eigenvalue weighted by Crippen LogP contribution is 2.34. The van der Waals surface area contributed by atoms with Crippen LogP contribution in [-0.2, 0) is 6.42 Å². The molecule has 116 valence electrons. The number of carbonyl (C=O) groups is 1. The standard InChI is InChI=1S/C18H16FN3O/c1-11-17-14(13-4-2-3-5-15(13)21-17)7-9-22(11)18(23)12-6-8-20-16(19)10-12/h2-6,8,10-11,21H,7,9H2,1H3. The van der Waals surface area contributed by atoms with E-state index < -0.39 is 5.95 Å². The maximum Gasteiger partial charge on any atom is 0.254 e. The normalized spacial score (nSPS) is 17.3. The van der Waals surface area contributed by atoms with Crippen molar-refractivity contribution in [3.63, 3.8) is 0 Å². The summed E-state index contributed by atoms with van der Waals surface area (Å²) in [6, 6.07) is 10.8. The quantitative estimate of drug-likeness (QED) is 0.700. The lowest BCUT2D eigenvalue weighted by Crippen LogP contribution is -2.38. The largest absolute Gasteiger partial charge is 0.356 e. The molecule has 0 radical (unpaired) electrons. The molecule has 0 bridgehead atoms. The Kier molecular flexibility index (Phi) is 3.15. The van der Waals surface area contributed by atoms with Gasteiger partial charge in [-0.3, -0.25) is 4.79 Å². The zero-order chi connectivity index (χ0) is 16.0. The van der Waals surface area contributed by atoms with Crippen molar-refractivity contribution in [3.8, 4) is 0 Å². The Hall–Kier alpha value is -2.69. The first-order chi connectivity index (χ1) is 11.1. The zero-order valence-corrected chi connectivity index (χ0v) is 12.7. The van der Waals surface area contributed by atoms with Crippen LogP contribution in [0.15, 0.2) is 42.6 Å². The van der Waals surface area contributed by atoms with E-state index in [1.54, 1.807) is 11.0 Å². The zero-order valence-electron chi connectivity index (χ0n) is 12.7. The fourth-order valence-electron chi connectivity index (χ4n) is 3.41. The van der Waals surface area contributed by atoms with E-state index in [1.165, 1.54) is 23.2 Å². The van der Waals surface area contributed by atoms with Crippen molar-refractivity contribution < 1.29 is 9.18 Å². The minimum absolute atomic E-state index is 0.0742. The van der Waals surface area contributed by atoms with Gasteiger partial charge in [0.15, 0.2) is 0 Å². The molecule has 1 amide bonds. The molecule has 1 aliphatic rings. The molecule has 1 aromatic carbocycles. The van der Waals surface area contributed by atoms with Gasteiger partial charge in [-0.2, -0.15) is 4.39 Å². The van der Waals surface area contributed by atoms with Crippen molar-refractivity contribution in [2.24, 2.45) is 0 Å². The van der Waals surface area contributed by atoms with E-state index in [4.69, 9.17) is 0 Å². The number of halogens is 1. The average Bonchev–Trinajstić information content (AvgIpc) is 2.94. The van der Waals surface area contributed by atoms with Gasteiger partial charge in [0.05, 0.1) is 6.04 Å². The number of rotatable bonds is 1. The first kappa shape index (κ1) is 13.9. The van der Waals surface area contributed by atoms with Crippen LogP contribution in [0.2, 0.25) is 0 Å². The molecule has 0 saturated carbocycles. The number of pyridine rings is 1. The number of hydrogen-bond acceptors (Lipinski definition) is 2. The second-order valence-electron chi connectivity index (χ2n) is 5.85. The van der Waals surface area contributed by atoms with Crippen molar-refractivity contribution in [1.82, 2.24) is 14.9 Å². The number of para-hydroxylation sites is 1. The molecule has 1 unspecified atom stereocenters. The van der Waals surface area contributed by atoms with Gasteiger partial charge >= 0.3 is 0 Å². The Morgan fingerprint density at radius 2 is 2.17 bits per heavy atom. The molecular weight excluding hydrogens is 293 g/mol. The molecule has 1 atom stereocenters. The minimum Gasteiger partial charge on any atom is -0.356 e. The van der Waals surface area contributed by atoms with Crippen LogP contribution < -0.4 is 0 Å². The number of fused-ring (bicyclic) bond motifs is 3. The van der Waals surface area contributed by atoms with Crippen LogP contribution in [0, 0.1) is 5.95 Å². The Bertz CT molecular complexity index is 902. The molecule has 4 rings (SSSR count). The van der Waals surface area contributed by atoms with Crippen molar-refractivity contribution in [2.75, 3.05) is 6.54 Å². The van der Waals surface area contributed by atoms with Gasteiger partial charge < -0.3 is 9.88 Å². The van der Waals surface area contributed by atoms with Crippen LogP contribution in [0.1, 0.15) is 34.6 Å². The average molecular weight is 309 g/mol. The number of nitrogens with zero attached hydrogens (tertiary/aromatic N) is 2. The van der Waals surface area contributed by atoms with E-state index in [-0.39, 0.29) is 11.9 Å². The number of H-pyrrole nitrogens is 1. The third-order valence-corrected chi connectivity index (χ3v) is 4.57. The Balaban J connectivity index is 1.72. The predicted molar refractivity (Wildman–Crippen MR) is 85.6 cm³/mol. The highest BCUT2D eigenvalue weighted by Gasteiger charge is 2.30. The summed E-state index contributed by atoms with van der Waals surface area (Å²) < 4.78 is 13.3. The van der Waals surface area contributed by atoms with Crippen molar-refractivity contribution in [3.05, 3.63) is 65.4 Å².